The molecule has 2 heteroatoms. The van der Waals surface area contributed by atoms with Crippen LogP contribution in [0.15, 0.2) is 30.3 Å². The highest BCUT2D eigenvalue weighted by molar-refractivity contribution is 5.81. The second-order valence-corrected chi connectivity index (χ2v) is 5.07. The van der Waals surface area contributed by atoms with Crippen LogP contribution in [-0.2, 0) is 4.79 Å². The van der Waals surface area contributed by atoms with Gasteiger partial charge in [-0.25, -0.2) is 0 Å². The maximum atomic E-state index is 11.8. The van der Waals surface area contributed by atoms with E-state index in [4.69, 9.17) is 4.74 Å². The smallest absolute Gasteiger partial charge is 0.135 e. The number of para-hydroxylation sites is 1. The van der Waals surface area contributed by atoms with E-state index in [0.717, 1.165) is 37.9 Å². The van der Waals surface area contributed by atoms with Crippen molar-refractivity contribution < 1.29 is 9.53 Å². The van der Waals surface area contributed by atoms with Gasteiger partial charge in [-0.2, -0.15) is 0 Å². The molecule has 1 aliphatic rings. The molecular weight excluding hydrogens is 224 g/mol. The summed E-state index contributed by atoms with van der Waals surface area (Å²) in [5.41, 5.74) is 0. The van der Waals surface area contributed by atoms with Gasteiger partial charge in [0, 0.05) is 12.3 Å². The van der Waals surface area contributed by atoms with Crippen LogP contribution in [0.25, 0.3) is 0 Å². The topological polar surface area (TPSA) is 26.3 Å². The van der Waals surface area contributed by atoms with E-state index in [9.17, 15) is 4.79 Å². The molecule has 0 N–H and O–H groups in total. The van der Waals surface area contributed by atoms with Crippen LogP contribution < -0.4 is 4.74 Å². The van der Waals surface area contributed by atoms with Gasteiger partial charge in [0.15, 0.2) is 0 Å². The molecule has 0 radical (unpaired) electrons. The van der Waals surface area contributed by atoms with Crippen molar-refractivity contribution in [2.75, 3.05) is 6.61 Å². The van der Waals surface area contributed by atoms with Crippen molar-refractivity contribution in [3.63, 3.8) is 0 Å². The molecule has 0 heterocycles. The highest BCUT2D eigenvalue weighted by Gasteiger charge is 2.19. The molecule has 0 saturated heterocycles. The van der Waals surface area contributed by atoms with Crippen molar-refractivity contribution in [3.05, 3.63) is 30.3 Å². The first-order valence-electron chi connectivity index (χ1n) is 7.07. The number of carbonyl (C=O) groups excluding carboxylic acids is 1. The van der Waals surface area contributed by atoms with Gasteiger partial charge in [-0.15, -0.1) is 0 Å². The average molecular weight is 246 g/mol. The lowest BCUT2D eigenvalue weighted by molar-refractivity contribution is -0.123. The number of Topliss-reactive ketones (excluding diaryl/α,β-unsaturated/α-hetero) is 1. The van der Waals surface area contributed by atoms with E-state index in [-0.39, 0.29) is 0 Å². The third-order valence-electron chi connectivity index (χ3n) is 3.64. The molecule has 1 saturated carbocycles. The first-order valence-corrected chi connectivity index (χ1v) is 7.07. The Labute approximate surface area is 109 Å². The zero-order valence-electron chi connectivity index (χ0n) is 10.9. The van der Waals surface area contributed by atoms with E-state index in [0.29, 0.717) is 18.3 Å². The SMILES string of the molecule is O=C1CCCCCC1CCCOc1ccccc1. The molecule has 0 spiro atoms. The van der Waals surface area contributed by atoms with Gasteiger partial charge < -0.3 is 4.74 Å². The number of carbonyl (C=O) groups is 1. The number of ether oxygens (including phenoxy) is 1. The third-order valence-corrected chi connectivity index (χ3v) is 3.64. The van der Waals surface area contributed by atoms with E-state index in [1.807, 2.05) is 30.3 Å². The highest BCUT2D eigenvalue weighted by Crippen LogP contribution is 2.23. The standard InChI is InChI=1S/C16H22O2/c17-16-12-6-1-3-8-14(16)9-7-13-18-15-10-4-2-5-11-15/h2,4-5,10-11,14H,1,3,6-9,12-13H2. The van der Waals surface area contributed by atoms with Crippen molar-refractivity contribution in [3.8, 4) is 5.75 Å². The van der Waals surface area contributed by atoms with Gasteiger partial charge in [-0.3, -0.25) is 4.79 Å². The summed E-state index contributed by atoms with van der Waals surface area (Å²) in [6.45, 7) is 0.716. The van der Waals surface area contributed by atoms with Crippen LogP contribution in [0.3, 0.4) is 0 Å². The summed E-state index contributed by atoms with van der Waals surface area (Å²) in [4.78, 5) is 11.8. The minimum absolute atomic E-state index is 0.298. The minimum Gasteiger partial charge on any atom is -0.494 e. The molecule has 0 aliphatic heterocycles. The van der Waals surface area contributed by atoms with Crippen LogP contribution in [0.2, 0.25) is 0 Å². The van der Waals surface area contributed by atoms with Gasteiger partial charge in [0.05, 0.1) is 6.61 Å². The first-order chi connectivity index (χ1) is 8.86. The van der Waals surface area contributed by atoms with Gasteiger partial charge in [-0.05, 0) is 37.8 Å². The zero-order chi connectivity index (χ0) is 12.6. The number of rotatable bonds is 5. The number of benzene rings is 1. The Hall–Kier alpha value is -1.31. The number of hydrogen-bond acceptors (Lipinski definition) is 2. The molecule has 2 rings (SSSR count). The lowest BCUT2D eigenvalue weighted by Gasteiger charge is -2.12. The quantitative estimate of drug-likeness (QED) is 0.580. The summed E-state index contributed by atoms with van der Waals surface area (Å²) in [7, 11) is 0. The van der Waals surface area contributed by atoms with Crippen molar-refractivity contribution in [2.45, 2.75) is 44.9 Å². The fourth-order valence-corrected chi connectivity index (χ4v) is 2.57. The zero-order valence-corrected chi connectivity index (χ0v) is 10.9. The molecule has 1 aromatic rings. The molecule has 2 nitrogen and oxygen atoms in total. The second-order valence-electron chi connectivity index (χ2n) is 5.07. The Morgan fingerprint density at radius 3 is 2.78 bits per heavy atom. The molecule has 1 atom stereocenters. The lowest BCUT2D eigenvalue weighted by atomic mass is 9.94. The summed E-state index contributed by atoms with van der Waals surface area (Å²) in [6.07, 6.45) is 7.39. The Kier molecular flexibility index (Phi) is 5.25. The molecular formula is C16H22O2. The van der Waals surface area contributed by atoms with Crippen LogP contribution in [-0.4, -0.2) is 12.4 Å². The van der Waals surface area contributed by atoms with E-state index in [1.54, 1.807) is 0 Å². The third kappa shape index (κ3) is 4.17. The Morgan fingerprint density at radius 2 is 1.94 bits per heavy atom. The summed E-state index contributed by atoms with van der Waals surface area (Å²) in [5.74, 6) is 1.70. The van der Waals surface area contributed by atoms with Crippen molar-refractivity contribution in [1.29, 1.82) is 0 Å². The second kappa shape index (κ2) is 7.20. The van der Waals surface area contributed by atoms with Gasteiger partial charge in [0.1, 0.15) is 11.5 Å². The first kappa shape index (κ1) is 13.1. The molecule has 1 aliphatic carbocycles. The molecule has 1 fully saturated rings. The molecule has 1 unspecified atom stereocenters. The lowest BCUT2D eigenvalue weighted by Crippen LogP contribution is -2.13. The number of ketones is 1. The van der Waals surface area contributed by atoms with Gasteiger partial charge in [0.25, 0.3) is 0 Å². The van der Waals surface area contributed by atoms with E-state index < -0.39 is 0 Å². The maximum absolute atomic E-state index is 11.8. The van der Waals surface area contributed by atoms with E-state index in [1.165, 1.54) is 12.8 Å². The van der Waals surface area contributed by atoms with Gasteiger partial charge in [0.2, 0.25) is 0 Å². The predicted molar refractivity (Wildman–Crippen MR) is 72.8 cm³/mol. The predicted octanol–water partition coefficient (Wildman–Crippen LogP) is 4.00. The summed E-state index contributed by atoms with van der Waals surface area (Å²) < 4.78 is 5.65. The van der Waals surface area contributed by atoms with E-state index >= 15 is 0 Å². The number of hydrogen-bond donors (Lipinski definition) is 0. The molecule has 0 bridgehead atoms. The van der Waals surface area contributed by atoms with E-state index in [2.05, 4.69) is 0 Å². The van der Waals surface area contributed by atoms with Crippen molar-refractivity contribution >= 4 is 5.78 Å². The normalized spacial score (nSPS) is 20.4. The fraction of sp³-hybridized carbons (Fsp3) is 0.562. The summed E-state index contributed by atoms with van der Waals surface area (Å²) in [6, 6.07) is 9.87. The highest BCUT2D eigenvalue weighted by atomic mass is 16.5. The Bertz CT molecular complexity index is 359. The van der Waals surface area contributed by atoms with Crippen molar-refractivity contribution in [1.82, 2.24) is 0 Å². The Balaban J connectivity index is 1.67. The maximum Gasteiger partial charge on any atom is 0.135 e. The molecule has 0 aromatic heterocycles. The van der Waals surface area contributed by atoms with Crippen molar-refractivity contribution in [2.24, 2.45) is 5.92 Å². The van der Waals surface area contributed by atoms with Crippen LogP contribution in [0.1, 0.15) is 44.9 Å². The van der Waals surface area contributed by atoms with Gasteiger partial charge >= 0.3 is 0 Å². The monoisotopic (exact) mass is 246 g/mol. The summed E-state index contributed by atoms with van der Waals surface area (Å²) in [5, 5.41) is 0. The Morgan fingerprint density at radius 1 is 1.11 bits per heavy atom. The van der Waals surface area contributed by atoms with Crippen LogP contribution in [0.5, 0.6) is 5.75 Å². The molecule has 0 amide bonds. The average Bonchev–Trinajstić information content (AvgIpc) is 2.61. The molecule has 98 valence electrons. The fourth-order valence-electron chi connectivity index (χ4n) is 2.57. The largest absolute Gasteiger partial charge is 0.494 e. The summed E-state index contributed by atoms with van der Waals surface area (Å²) >= 11 is 0. The van der Waals surface area contributed by atoms with Crippen LogP contribution >= 0.6 is 0 Å². The molecule has 18 heavy (non-hydrogen) atoms. The minimum atomic E-state index is 0.298. The van der Waals surface area contributed by atoms with Crippen LogP contribution in [0.4, 0.5) is 0 Å². The molecule has 1 aromatic carbocycles. The van der Waals surface area contributed by atoms with Crippen LogP contribution in [0, 0.1) is 5.92 Å². The van der Waals surface area contributed by atoms with Gasteiger partial charge in [-0.1, -0.05) is 31.0 Å².